The number of nitrogens with zero attached hydrogens (tertiary/aromatic N) is 2. The summed E-state index contributed by atoms with van der Waals surface area (Å²) in [5.41, 5.74) is 0.909. The molecule has 1 aliphatic carbocycles. The molecule has 2 aliphatic rings. The molecule has 11 heteroatoms. The maximum Gasteiger partial charge on any atom is 0.410 e. The molecule has 47 heavy (non-hydrogen) atoms. The molecule has 3 aromatic carbocycles. The molecule has 2 heterocycles. The Morgan fingerprint density at radius 1 is 0.957 bits per heavy atom. The molecule has 0 spiro atoms. The molecule has 1 aromatic heterocycles. The molecule has 1 saturated carbocycles. The van der Waals surface area contributed by atoms with Crippen LogP contribution in [0.5, 0.6) is 5.75 Å². The Balaban J connectivity index is 1.33. The van der Waals surface area contributed by atoms with Gasteiger partial charge < -0.3 is 28.4 Å². The minimum Gasteiger partial charge on any atom is -0.497 e. The second kappa shape index (κ2) is 13.9. The number of fused-ring (bicyclic) bond motifs is 1. The van der Waals surface area contributed by atoms with E-state index in [0.717, 1.165) is 30.0 Å². The first-order chi connectivity index (χ1) is 22.8. The molecular weight excluding hydrogens is 610 g/mol. The average Bonchev–Trinajstić information content (AvgIpc) is 3.85. The lowest BCUT2D eigenvalue weighted by Crippen LogP contribution is -2.38. The zero-order valence-electron chi connectivity index (χ0n) is 26.2. The first-order valence-electron chi connectivity index (χ1n) is 15.7. The number of aromatic nitrogens is 1. The molecule has 1 amide bonds. The number of pyridine rings is 1. The predicted molar refractivity (Wildman–Crippen MR) is 169 cm³/mol. The van der Waals surface area contributed by atoms with Gasteiger partial charge in [-0.25, -0.2) is 18.4 Å². The number of hydrogen-bond acceptors (Lipinski definition) is 7. The minimum absolute atomic E-state index is 0.0371. The summed E-state index contributed by atoms with van der Waals surface area (Å²) in [5.74, 6) is -2.42. The smallest absolute Gasteiger partial charge is 0.410 e. The molecule has 2 fully saturated rings. The third-order valence-corrected chi connectivity index (χ3v) is 8.64. The van der Waals surface area contributed by atoms with E-state index in [4.69, 9.17) is 18.9 Å². The van der Waals surface area contributed by atoms with E-state index in [0.29, 0.717) is 12.2 Å². The maximum absolute atomic E-state index is 15.8. The van der Waals surface area contributed by atoms with Crippen molar-refractivity contribution in [2.24, 2.45) is 0 Å². The highest BCUT2D eigenvalue weighted by Crippen LogP contribution is 2.39. The molecule has 2 atom stereocenters. The van der Waals surface area contributed by atoms with Crippen LogP contribution in [-0.4, -0.2) is 53.9 Å². The van der Waals surface area contributed by atoms with E-state index in [1.165, 1.54) is 11.1 Å². The van der Waals surface area contributed by atoms with Gasteiger partial charge in [0.2, 0.25) is 5.43 Å². The molecule has 0 radical (unpaired) electrons. The van der Waals surface area contributed by atoms with E-state index in [2.05, 4.69) is 0 Å². The molecular formula is C36H36F2N2O7. The molecule has 0 unspecified atom stereocenters. The van der Waals surface area contributed by atoms with Gasteiger partial charge >= 0.3 is 12.1 Å². The van der Waals surface area contributed by atoms with Crippen molar-refractivity contribution >= 4 is 23.0 Å². The first kappa shape index (κ1) is 32.2. The molecule has 1 saturated heterocycles. The maximum atomic E-state index is 15.8. The van der Waals surface area contributed by atoms with Crippen LogP contribution in [0, 0.1) is 11.6 Å². The van der Waals surface area contributed by atoms with Crippen molar-refractivity contribution in [3.05, 3.63) is 111 Å². The highest BCUT2D eigenvalue weighted by molar-refractivity contribution is 5.94. The van der Waals surface area contributed by atoms with Gasteiger partial charge in [-0.1, -0.05) is 42.5 Å². The number of benzene rings is 3. The number of carbonyl (C=O) groups excluding carboxylic acids is 2. The van der Waals surface area contributed by atoms with E-state index < -0.39 is 41.3 Å². The molecule has 0 N–H and O–H groups in total. The number of likely N-dealkylation sites (tertiary alicyclic amines) is 1. The van der Waals surface area contributed by atoms with Crippen LogP contribution >= 0.6 is 0 Å². The Kier molecular flexibility index (Phi) is 9.53. The SMILES string of the molecule is CCOC(=O)c1cn(C2CC2)c2c(C[C@@H]3C[C@@H](OCc4ccc(OC)cc4)CN3C(=O)OCc3ccccc3)c(F)c(F)cc2c1=O. The summed E-state index contributed by atoms with van der Waals surface area (Å²) < 4.78 is 54.9. The lowest BCUT2D eigenvalue weighted by Gasteiger charge is -2.25. The van der Waals surface area contributed by atoms with Crippen LogP contribution < -0.4 is 10.2 Å². The molecule has 1 aliphatic heterocycles. The Morgan fingerprint density at radius 2 is 1.68 bits per heavy atom. The fourth-order valence-electron chi connectivity index (χ4n) is 6.11. The predicted octanol–water partition coefficient (Wildman–Crippen LogP) is 6.34. The number of esters is 1. The topological polar surface area (TPSA) is 96.3 Å². The number of rotatable bonds is 11. The highest BCUT2D eigenvalue weighted by atomic mass is 19.2. The van der Waals surface area contributed by atoms with Gasteiger partial charge in [0, 0.05) is 29.2 Å². The van der Waals surface area contributed by atoms with Crippen molar-refractivity contribution in [1.29, 1.82) is 0 Å². The lowest BCUT2D eigenvalue weighted by atomic mass is 9.98. The largest absolute Gasteiger partial charge is 0.497 e. The van der Waals surface area contributed by atoms with Crippen LogP contribution in [0.3, 0.4) is 0 Å². The summed E-state index contributed by atoms with van der Waals surface area (Å²) in [4.78, 5) is 41.1. The van der Waals surface area contributed by atoms with Gasteiger partial charge in [-0.2, -0.15) is 0 Å². The fourth-order valence-corrected chi connectivity index (χ4v) is 6.11. The van der Waals surface area contributed by atoms with E-state index in [9.17, 15) is 14.4 Å². The third kappa shape index (κ3) is 7.00. The Bertz CT molecular complexity index is 1820. The molecule has 0 bridgehead atoms. The third-order valence-electron chi connectivity index (χ3n) is 8.64. The fraction of sp³-hybridized carbons (Fsp3) is 0.361. The summed E-state index contributed by atoms with van der Waals surface area (Å²) >= 11 is 0. The van der Waals surface area contributed by atoms with Crippen LogP contribution in [-0.2, 0) is 33.8 Å². The summed E-state index contributed by atoms with van der Waals surface area (Å²) in [6.07, 6.45) is 2.08. The summed E-state index contributed by atoms with van der Waals surface area (Å²) in [5, 5.41) is -0.111. The van der Waals surface area contributed by atoms with Crippen molar-refractivity contribution in [3.63, 3.8) is 0 Å². The summed E-state index contributed by atoms with van der Waals surface area (Å²) in [7, 11) is 1.59. The molecule has 4 aromatic rings. The van der Waals surface area contributed by atoms with Crippen molar-refractivity contribution < 1.29 is 37.3 Å². The van der Waals surface area contributed by atoms with Gasteiger partial charge in [0.15, 0.2) is 11.6 Å². The standard InChI is InChI=1S/C36H36F2N2O7/c1-3-45-35(42)30-19-39(24-11-12-24)33-28(32(38)31(37)17-29(33)34(30)41)16-25-15-27(46-20-23-9-13-26(44-2)14-10-23)18-40(25)36(43)47-21-22-7-5-4-6-8-22/h4-10,13-14,17,19,24-25,27H,3,11-12,15-16,18,20-21H2,1-2H3/t25-,27+/m0/s1. The van der Waals surface area contributed by atoms with Gasteiger partial charge in [0.05, 0.1) is 38.5 Å². The van der Waals surface area contributed by atoms with Crippen LogP contribution in [0.15, 0.2) is 71.7 Å². The number of ether oxygens (including phenoxy) is 4. The Labute approximate surface area is 270 Å². The molecule has 9 nitrogen and oxygen atoms in total. The number of halogens is 2. The monoisotopic (exact) mass is 646 g/mol. The van der Waals surface area contributed by atoms with Gasteiger partial charge in [-0.15, -0.1) is 0 Å². The molecule has 6 rings (SSSR count). The first-order valence-corrected chi connectivity index (χ1v) is 15.7. The summed E-state index contributed by atoms with van der Waals surface area (Å²) in [6, 6.07) is 16.8. The quantitative estimate of drug-likeness (QED) is 0.176. The van der Waals surface area contributed by atoms with E-state index in [1.54, 1.807) is 18.6 Å². The van der Waals surface area contributed by atoms with E-state index >= 15 is 8.78 Å². The van der Waals surface area contributed by atoms with Gasteiger partial charge in [-0.05, 0) is 61.9 Å². The van der Waals surface area contributed by atoms with Gasteiger partial charge in [-0.3, -0.25) is 4.79 Å². The van der Waals surface area contributed by atoms with Crippen LogP contribution in [0.4, 0.5) is 13.6 Å². The number of methoxy groups -OCH3 is 1. The average molecular weight is 647 g/mol. The number of carbonyl (C=O) groups is 2. The normalized spacial score (nSPS) is 17.6. The van der Waals surface area contributed by atoms with Gasteiger partial charge in [0.25, 0.3) is 0 Å². The van der Waals surface area contributed by atoms with Crippen molar-refractivity contribution in [3.8, 4) is 5.75 Å². The van der Waals surface area contributed by atoms with E-state index in [1.807, 2.05) is 54.6 Å². The minimum atomic E-state index is -1.21. The lowest BCUT2D eigenvalue weighted by molar-refractivity contribution is 0.0431. The number of amides is 1. The van der Waals surface area contributed by atoms with Crippen molar-refractivity contribution in [2.75, 3.05) is 20.3 Å². The second-order valence-corrected chi connectivity index (χ2v) is 11.8. The van der Waals surface area contributed by atoms with Gasteiger partial charge in [0.1, 0.15) is 17.9 Å². The van der Waals surface area contributed by atoms with Crippen molar-refractivity contribution in [2.45, 2.75) is 64.0 Å². The van der Waals surface area contributed by atoms with Crippen LogP contribution in [0.2, 0.25) is 0 Å². The zero-order valence-corrected chi connectivity index (χ0v) is 26.2. The Morgan fingerprint density at radius 3 is 2.36 bits per heavy atom. The molecule has 246 valence electrons. The second-order valence-electron chi connectivity index (χ2n) is 11.8. The van der Waals surface area contributed by atoms with Crippen molar-refractivity contribution in [1.82, 2.24) is 9.47 Å². The number of hydrogen-bond donors (Lipinski definition) is 0. The Hall–Kier alpha value is -4.77. The van der Waals surface area contributed by atoms with Crippen LogP contribution in [0.25, 0.3) is 10.9 Å². The van der Waals surface area contributed by atoms with E-state index in [-0.39, 0.29) is 60.9 Å². The summed E-state index contributed by atoms with van der Waals surface area (Å²) in [6.45, 7) is 2.16. The highest BCUT2D eigenvalue weighted by Gasteiger charge is 2.39. The van der Waals surface area contributed by atoms with Crippen LogP contribution in [0.1, 0.15) is 59.3 Å². The zero-order chi connectivity index (χ0) is 33.1.